The number of aliphatic hydroxyl groups excluding tert-OH is 1. The molecule has 0 aliphatic rings. The number of hydrogen-bond acceptors (Lipinski definition) is 4. The molecule has 3 rings (SSSR count). The van der Waals surface area contributed by atoms with Gasteiger partial charge in [-0.3, -0.25) is 0 Å². The number of benzene rings is 2. The predicted molar refractivity (Wildman–Crippen MR) is 86.8 cm³/mol. The van der Waals surface area contributed by atoms with Gasteiger partial charge in [0.25, 0.3) is 0 Å². The summed E-state index contributed by atoms with van der Waals surface area (Å²) < 4.78 is 6.98. The zero-order valence-electron chi connectivity index (χ0n) is 13.0. The van der Waals surface area contributed by atoms with Crippen LogP contribution in [-0.4, -0.2) is 27.0 Å². The zero-order valence-corrected chi connectivity index (χ0v) is 13.0. The molecule has 2 aromatic carbocycles. The van der Waals surface area contributed by atoms with Crippen LogP contribution < -0.4 is 0 Å². The quantitative estimate of drug-likeness (QED) is 0.760. The van der Waals surface area contributed by atoms with Gasteiger partial charge in [-0.2, -0.15) is 5.10 Å². The highest BCUT2D eigenvalue weighted by atomic mass is 16.5. The standard InChI is InChI=1S/C18H19N3O2/c1-23-13-16-19-18(17(22)15-10-6-3-7-11-15)20-21(16)12-14-8-4-2-5-9-14/h2-11,17,22H,12-13H2,1H3/t17-/m1/s1. The van der Waals surface area contributed by atoms with E-state index in [1.165, 1.54) is 0 Å². The molecule has 0 saturated carbocycles. The maximum absolute atomic E-state index is 10.5. The summed E-state index contributed by atoms with van der Waals surface area (Å²) in [6.07, 6.45) is -0.844. The molecule has 0 aliphatic carbocycles. The molecule has 0 saturated heterocycles. The van der Waals surface area contributed by atoms with Crippen LogP contribution in [0.25, 0.3) is 0 Å². The number of ether oxygens (including phenoxy) is 1. The molecule has 3 aromatic rings. The van der Waals surface area contributed by atoms with Crippen LogP contribution in [0.5, 0.6) is 0 Å². The lowest BCUT2D eigenvalue weighted by Gasteiger charge is -2.06. The van der Waals surface area contributed by atoms with Gasteiger partial charge in [-0.15, -0.1) is 0 Å². The van der Waals surface area contributed by atoms with E-state index >= 15 is 0 Å². The van der Waals surface area contributed by atoms with Crippen molar-refractivity contribution in [1.29, 1.82) is 0 Å². The maximum atomic E-state index is 10.5. The molecule has 118 valence electrons. The van der Waals surface area contributed by atoms with Crippen molar-refractivity contribution < 1.29 is 9.84 Å². The van der Waals surface area contributed by atoms with Crippen LogP contribution in [0, 0.1) is 0 Å². The first-order valence-electron chi connectivity index (χ1n) is 7.47. The molecule has 1 aromatic heterocycles. The third-order valence-corrected chi connectivity index (χ3v) is 3.57. The normalized spacial score (nSPS) is 12.3. The summed E-state index contributed by atoms with van der Waals surface area (Å²) in [5, 5.41) is 15.0. The van der Waals surface area contributed by atoms with Gasteiger partial charge in [0, 0.05) is 7.11 Å². The molecule has 0 unspecified atom stereocenters. The maximum Gasteiger partial charge on any atom is 0.184 e. The van der Waals surface area contributed by atoms with E-state index in [1.807, 2.05) is 60.7 Å². The van der Waals surface area contributed by atoms with E-state index in [0.29, 0.717) is 24.8 Å². The summed E-state index contributed by atoms with van der Waals surface area (Å²) in [6, 6.07) is 19.4. The molecule has 1 N–H and O–H groups in total. The lowest BCUT2D eigenvalue weighted by molar-refractivity contribution is 0.173. The van der Waals surface area contributed by atoms with E-state index < -0.39 is 6.10 Å². The number of methoxy groups -OCH3 is 1. The Balaban J connectivity index is 1.89. The van der Waals surface area contributed by atoms with E-state index in [-0.39, 0.29) is 0 Å². The second-order valence-electron chi connectivity index (χ2n) is 5.28. The molecule has 1 atom stereocenters. The molecule has 0 radical (unpaired) electrons. The highest BCUT2D eigenvalue weighted by molar-refractivity contribution is 5.23. The minimum atomic E-state index is -0.844. The molecule has 0 amide bonds. The first kappa shape index (κ1) is 15.4. The first-order valence-corrected chi connectivity index (χ1v) is 7.47. The van der Waals surface area contributed by atoms with E-state index in [4.69, 9.17) is 4.74 Å². The minimum Gasteiger partial charge on any atom is -0.380 e. The smallest absolute Gasteiger partial charge is 0.184 e. The Morgan fingerprint density at radius 3 is 2.35 bits per heavy atom. The third kappa shape index (κ3) is 3.64. The molecular weight excluding hydrogens is 290 g/mol. The fraction of sp³-hybridized carbons (Fsp3) is 0.222. The van der Waals surface area contributed by atoms with Gasteiger partial charge in [0.05, 0.1) is 6.54 Å². The van der Waals surface area contributed by atoms with E-state index in [9.17, 15) is 5.11 Å². The summed E-state index contributed by atoms with van der Waals surface area (Å²) in [6.45, 7) is 0.940. The molecule has 5 nitrogen and oxygen atoms in total. The Labute approximate surface area is 135 Å². The van der Waals surface area contributed by atoms with Crippen LogP contribution >= 0.6 is 0 Å². The van der Waals surface area contributed by atoms with Crippen molar-refractivity contribution in [2.75, 3.05) is 7.11 Å². The Morgan fingerprint density at radius 1 is 1.04 bits per heavy atom. The van der Waals surface area contributed by atoms with Crippen molar-refractivity contribution in [1.82, 2.24) is 14.8 Å². The van der Waals surface area contributed by atoms with Crippen LogP contribution in [0.1, 0.15) is 28.9 Å². The lowest BCUT2D eigenvalue weighted by atomic mass is 10.1. The van der Waals surface area contributed by atoms with Crippen LogP contribution in [0.4, 0.5) is 0 Å². The topological polar surface area (TPSA) is 60.2 Å². The van der Waals surface area contributed by atoms with Crippen molar-refractivity contribution in [3.05, 3.63) is 83.4 Å². The molecule has 1 heterocycles. The Hall–Kier alpha value is -2.50. The number of aromatic nitrogens is 3. The average molecular weight is 309 g/mol. The Morgan fingerprint density at radius 2 is 1.70 bits per heavy atom. The molecule has 0 spiro atoms. The average Bonchev–Trinajstić information content (AvgIpc) is 2.99. The molecular formula is C18H19N3O2. The monoisotopic (exact) mass is 309 g/mol. The highest BCUT2D eigenvalue weighted by Crippen LogP contribution is 2.19. The van der Waals surface area contributed by atoms with Crippen molar-refractivity contribution in [3.8, 4) is 0 Å². The lowest BCUT2D eigenvalue weighted by Crippen LogP contribution is -2.08. The summed E-state index contributed by atoms with van der Waals surface area (Å²) in [4.78, 5) is 4.45. The number of nitrogens with zero attached hydrogens (tertiary/aromatic N) is 3. The van der Waals surface area contributed by atoms with Crippen molar-refractivity contribution in [2.24, 2.45) is 0 Å². The Bertz CT molecular complexity index is 741. The van der Waals surface area contributed by atoms with Gasteiger partial charge in [-0.25, -0.2) is 9.67 Å². The van der Waals surface area contributed by atoms with Crippen molar-refractivity contribution in [3.63, 3.8) is 0 Å². The molecule has 5 heteroatoms. The second kappa shape index (κ2) is 7.17. The molecule has 0 aliphatic heterocycles. The summed E-state index contributed by atoms with van der Waals surface area (Å²) in [5.41, 5.74) is 1.89. The third-order valence-electron chi connectivity index (χ3n) is 3.57. The van der Waals surface area contributed by atoms with Gasteiger partial charge in [-0.1, -0.05) is 60.7 Å². The van der Waals surface area contributed by atoms with E-state index in [2.05, 4.69) is 10.1 Å². The fourth-order valence-electron chi connectivity index (χ4n) is 2.41. The number of hydrogen-bond donors (Lipinski definition) is 1. The van der Waals surface area contributed by atoms with Crippen LogP contribution in [-0.2, 0) is 17.9 Å². The fourth-order valence-corrected chi connectivity index (χ4v) is 2.41. The molecule has 23 heavy (non-hydrogen) atoms. The predicted octanol–water partition coefficient (Wildman–Crippen LogP) is 2.55. The van der Waals surface area contributed by atoms with E-state index in [0.717, 1.165) is 11.1 Å². The van der Waals surface area contributed by atoms with Gasteiger partial charge in [0.1, 0.15) is 12.7 Å². The summed E-state index contributed by atoms with van der Waals surface area (Å²) in [5.74, 6) is 1.08. The van der Waals surface area contributed by atoms with Gasteiger partial charge in [-0.05, 0) is 11.1 Å². The van der Waals surface area contributed by atoms with Gasteiger partial charge in [0.15, 0.2) is 11.6 Å². The summed E-state index contributed by atoms with van der Waals surface area (Å²) >= 11 is 0. The van der Waals surface area contributed by atoms with Crippen molar-refractivity contribution >= 4 is 0 Å². The largest absolute Gasteiger partial charge is 0.380 e. The zero-order chi connectivity index (χ0) is 16.1. The second-order valence-corrected chi connectivity index (χ2v) is 5.28. The molecule has 0 bridgehead atoms. The Kier molecular flexibility index (Phi) is 4.80. The highest BCUT2D eigenvalue weighted by Gasteiger charge is 2.18. The van der Waals surface area contributed by atoms with E-state index in [1.54, 1.807) is 11.8 Å². The summed E-state index contributed by atoms with van der Waals surface area (Å²) in [7, 11) is 1.62. The van der Waals surface area contributed by atoms with Crippen LogP contribution in [0.2, 0.25) is 0 Å². The van der Waals surface area contributed by atoms with Gasteiger partial charge >= 0.3 is 0 Å². The first-order chi connectivity index (χ1) is 11.3. The SMILES string of the molecule is COCc1nc([C@H](O)c2ccccc2)nn1Cc1ccccc1. The van der Waals surface area contributed by atoms with Crippen LogP contribution in [0.3, 0.4) is 0 Å². The van der Waals surface area contributed by atoms with Gasteiger partial charge in [0.2, 0.25) is 0 Å². The van der Waals surface area contributed by atoms with Crippen LogP contribution in [0.15, 0.2) is 60.7 Å². The number of aliphatic hydroxyl groups is 1. The molecule has 0 fully saturated rings. The van der Waals surface area contributed by atoms with Gasteiger partial charge < -0.3 is 9.84 Å². The minimum absolute atomic E-state index is 0.349. The van der Waals surface area contributed by atoms with Crippen molar-refractivity contribution in [2.45, 2.75) is 19.3 Å². The number of rotatable bonds is 6.